The molecule has 5 heteroatoms. The van der Waals surface area contributed by atoms with Gasteiger partial charge < -0.3 is 15.5 Å². The number of fused-ring (bicyclic) bond motifs is 1. The quantitative estimate of drug-likeness (QED) is 0.801. The first-order chi connectivity index (χ1) is 11.0. The molecule has 2 N–H and O–H groups in total. The molecule has 1 aromatic carbocycles. The largest absolute Gasteiger partial charge is 0.384 e. The number of nitrogens with one attached hydrogen (secondary N) is 2. The summed E-state index contributed by atoms with van der Waals surface area (Å²) < 4.78 is 5.24. The van der Waals surface area contributed by atoms with E-state index in [9.17, 15) is 4.79 Å². The summed E-state index contributed by atoms with van der Waals surface area (Å²) in [5, 5.41) is 12.2. The van der Waals surface area contributed by atoms with Crippen LogP contribution in [0.5, 0.6) is 0 Å². The fourth-order valence-corrected chi connectivity index (χ4v) is 2.69. The number of carbonyl (C=O) groups excluding carboxylic acids is 1. The molecule has 2 aromatic rings. The van der Waals surface area contributed by atoms with Crippen LogP contribution in [0.25, 0.3) is 10.9 Å². The maximum absolute atomic E-state index is 11.2. The summed E-state index contributed by atoms with van der Waals surface area (Å²) in [6.07, 6.45) is 0.847. The minimum atomic E-state index is -0.115. The number of methoxy groups -OCH3 is 1. The summed E-state index contributed by atoms with van der Waals surface area (Å²) in [6.45, 7) is 5.98. The average molecular weight is 313 g/mol. The van der Waals surface area contributed by atoms with E-state index in [0.717, 1.165) is 28.6 Å². The molecule has 122 valence electrons. The van der Waals surface area contributed by atoms with Crippen LogP contribution in [0.15, 0.2) is 24.3 Å². The first-order valence-electron chi connectivity index (χ1n) is 7.73. The van der Waals surface area contributed by atoms with Gasteiger partial charge in [0.15, 0.2) is 0 Å². The SMILES string of the molecule is CC[C@@H](COC)C(=N)c1cc(C)nc2cc(NC(C)=O)ccc12. The maximum Gasteiger partial charge on any atom is 0.221 e. The van der Waals surface area contributed by atoms with Crippen LogP contribution in [0.4, 0.5) is 5.69 Å². The minimum absolute atomic E-state index is 0.0556. The molecule has 0 saturated heterocycles. The molecule has 0 saturated carbocycles. The number of aryl methyl sites for hydroxylation is 1. The van der Waals surface area contributed by atoms with Crippen molar-refractivity contribution in [3.8, 4) is 0 Å². The molecule has 5 nitrogen and oxygen atoms in total. The van der Waals surface area contributed by atoms with Crippen LogP contribution in [0.2, 0.25) is 0 Å². The molecule has 0 fully saturated rings. The Kier molecular flexibility index (Phi) is 5.45. The monoisotopic (exact) mass is 313 g/mol. The van der Waals surface area contributed by atoms with Gasteiger partial charge in [0.05, 0.1) is 12.1 Å². The third-order valence-corrected chi connectivity index (χ3v) is 3.82. The van der Waals surface area contributed by atoms with Crippen LogP contribution >= 0.6 is 0 Å². The Labute approximate surface area is 136 Å². The van der Waals surface area contributed by atoms with Gasteiger partial charge in [-0.2, -0.15) is 0 Å². The molecule has 0 aliphatic rings. The zero-order valence-corrected chi connectivity index (χ0v) is 14.1. The number of nitrogens with zero attached hydrogens (tertiary/aromatic N) is 1. The lowest BCUT2D eigenvalue weighted by atomic mass is 9.92. The third-order valence-electron chi connectivity index (χ3n) is 3.82. The minimum Gasteiger partial charge on any atom is -0.384 e. The highest BCUT2D eigenvalue weighted by Crippen LogP contribution is 2.25. The highest BCUT2D eigenvalue weighted by Gasteiger charge is 2.17. The number of hydrogen-bond donors (Lipinski definition) is 2. The third kappa shape index (κ3) is 3.93. The number of ether oxygens (including phenoxy) is 1. The van der Waals surface area contributed by atoms with E-state index in [2.05, 4.69) is 17.2 Å². The number of amides is 1. The molecule has 1 aromatic heterocycles. The van der Waals surface area contributed by atoms with Crippen LogP contribution < -0.4 is 5.32 Å². The van der Waals surface area contributed by atoms with Crippen molar-refractivity contribution >= 4 is 28.2 Å². The molecule has 23 heavy (non-hydrogen) atoms. The molecular weight excluding hydrogens is 290 g/mol. The number of benzene rings is 1. The molecule has 1 amide bonds. The zero-order chi connectivity index (χ0) is 17.0. The van der Waals surface area contributed by atoms with Gasteiger partial charge in [-0.3, -0.25) is 9.78 Å². The standard InChI is InChI=1S/C18H23N3O2/c1-5-13(10-23-4)18(19)16-8-11(2)20-17-9-14(21-12(3)22)6-7-15(16)17/h6-9,13,19H,5,10H2,1-4H3,(H,21,22)/t13-/m0/s1. The molecule has 0 radical (unpaired) electrons. The van der Waals surface area contributed by atoms with E-state index < -0.39 is 0 Å². The first-order valence-corrected chi connectivity index (χ1v) is 7.73. The highest BCUT2D eigenvalue weighted by atomic mass is 16.5. The Morgan fingerprint density at radius 1 is 1.39 bits per heavy atom. The Balaban J connectivity index is 2.51. The lowest BCUT2D eigenvalue weighted by Gasteiger charge is -2.18. The van der Waals surface area contributed by atoms with Crippen molar-refractivity contribution < 1.29 is 9.53 Å². The number of hydrogen-bond acceptors (Lipinski definition) is 4. The van der Waals surface area contributed by atoms with Crippen molar-refractivity contribution in [2.75, 3.05) is 19.0 Å². The Morgan fingerprint density at radius 3 is 2.74 bits per heavy atom. The Hall–Kier alpha value is -2.27. The summed E-state index contributed by atoms with van der Waals surface area (Å²) in [5.74, 6) is -0.0591. The van der Waals surface area contributed by atoms with E-state index in [4.69, 9.17) is 10.1 Å². The summed E-state index contributed by atoms with van der Waals surface area (Å²) in [4.78, 5) is 15.8. The molecule has 0 unspecified atom stereocenters. The smallest absolute Gasteiger partial charge is 0.221 e. The van der Waals surface area contributed by atoms with Crippen LogP contribution in [-0.2, 0) is 9.53 Å². The van der Waals surface area contributed by atoms with Gasteiger partial charge in [-0.15, -0.1) is 0 Å². The Bertz CT molecular complexity index is 740. The van der Waals surface area contributed by atoms with Crippen molar-refractivity contribution in [3.63, 3.8) is 0 Å². The van der Waals surface area contributed by atoms with Crippen LogP contribution in [0, 0.1) is 18.3 Å². The molecular formula is C18H23N3O2. The van der Waals surface area contributed by atoms with Crippen molar-refractivity contribution in [1.29, 1.82) is 5.41 Å². The van der Waals surface area contributed by atoms with E-state index in [-0.39, 0.29) is 11.8 Å². The fraction of sp³-hybridized carbons (Fsp3) is 0.389. The molecule has 0 aliphatic carbocycles. The molecule has 0 spiro atoms. The maximum atomic E-state index is 11.2. The number of pyridine rings is 1. The van der Waals surface area contributed by atoms with Crippen molar-refractivity contribution in [1.82, 2.24) is 4.98 Å². The van der Waals surface area contributed by atoms with Gasteiger partial charge in [-0.1, -0.05) is 13.0 Å². The summed E-state index contributed by atoms with van der Waals surface area (Å²) in [7, 11) is 1.66. The van der Waals surface area contributed by atoms with E-state index in [1.165, 1.54) is 6.92 Å². The van der Waals surface area contributed by atoms with Gasteiger partial charge in [-0.05, 0) is 31.5 Å². The summed E-state index contributed by atoms with van der Waals surface area (Å²) in [5.41, 5.74) is 3.79. The van der Waals surface area contributed by atoms with Gasteiger partial charge in [0.25, 0.3) is 0 Å². The van der Waals surface area contributed by atoms with Crippen LogP contribution in [0.3, 0.4) is 0 Å². The van der Waals surface area contributed by atoms with Crippen LogP contribution in [0.1, 0.15) is 31.5 Å². The van der Waals surface area contributed by atoms with E-state index >= 15 is 0 Å². The number of aromatic nitrogens is 1. The van der Waals surface area contributed by atoms with Crippen molar-refractivity contribution in [2.24, 2.45) is 5.92 Å². The molecule has 2 rings (SSSR count). The second-order valence-electron chi connectivity index (χ2n) is 5.70. The lowest BCUT2D eigenvalue weighted by molar-refractivity contribution is -0.114. The van der Waals surface area contributed by atoms with Gasteiger partial charge in [-0.25, -0.2) is 0 Å². The average Bonchev–Trinajstić information content (AvgIpc) is 2.50. The van der Waals surface area contributed by atoms with Crippen LogP contribution in [-0.4, -0.2) is 30.3 Å². The number of rotatable bonds is 6. The molecule has 1 heterocycles. The zero-order valence-electron chi connectivity index (χ0n) is 14.1. The number of carbonyl (C=O) groups is 1. The fourth-order valence-electron chi connectivity index (χ4n) is 2.69. The van der Waals surface area contributed by atoms with Crippen molar-refractivity contribution in [3.05, 3.63) is 35.5 Å². The lowest BCUT2D eigenvalue weighted by Crippen LogP contribution is -2.20. The van der Waals surface area contributed by atoms with E-state index in [0.29, 0.717) is 18.0 Å². The first kappa shape index (κ1) is 17.1. The van der Waals surface area contributed by atoms with Crippen molar-refractivity contribution in [2.45, 2.75) is 27.2 Å². The van der Waals surface area contributed by atoms with E-state index in [1.54, 1.807) is 7.11 Å². The predicted molar refractivity (Wildman–Crippen MR) is 93.3 cm³/mol. The second-order valence-corrected chi connectivity index (χ2v) is 5.70. The van der Waals surface area contributed by atoms with E-state index in [1.807, 2.05) is 31.2 Å². The topological polar surface area (TPSA) is 75.1 Å². The van der Waals surface area contributed by atoms with Gasteiger partial charge in [0, 0.05) is 48.0 Å². The predicted octanol–water partition coefficient (Wildman–Crippen LogP) is 3.54. The van der Waals surface area contributed by atoms with Gasteiger partial charge >= 0.3 is 0 Å². The second kappa shape index (κ2) is 7.33. The Morgan fingerprint density at radius 2 is 2.13 bits per heavy atom. The molecule has 0 aliphatic heterocycles. The van der Waals surface area contributed by atoms with Gasteiger partial charge in [0.2, 0.25) is 5.91 Å². The highest BCUT2D eigenvalue weighted by molar-refractivity contribution is 6.10. The normalized spacial score (nSPS) is 12.2. The summed E-state index contributed by atoms with van der Waals surface area (Å²) in [6, 6.07) is 7.55. The molecule has 1 atom stereocenters. The van der Waals surface area contributed by atoms with Gasteiger partial charge in [0.1, 0.15) is 0 Å². The number of anilines is 1. The summed E-state index contributed by atoms with van der Waals surface area (Å²) >= 11 is 0. The molecule has 0 bridgehead atoms.